The van der Waals surface area contributed by atoms with Gasteiger partial charge in [-0.25, -0.2) is 4.79 Å². The molecule has 29 heavy (non-hydrogen) atoms. The Bertz CT molecular complexity index is 791. The molecule has 0 aliphatic carbocycles. The average molecular weight is 396 g/mol. The highest BCUT2D eigenvalue weighted by Crippen LogP contribution is 2.23. The quantitative estimate of drug-likeness (QED) is 0.764. The maximum absolute atomic E-state index is 12.8. The van der Waals surface area contributed by atoms with Gasteiger partial charge in [0.15, 0.2) is 0 Å². The molecule has 1 fully saturated rings. The van der Waals surface area contributed by atoms with Gasteiger partial charge in [0.05, 0.1) is 7.11 Å². The number of nitrogens with one attached hydrogen (secondary N) is 1. The minimum absolute atomic E-state index is 0.0213. The lowest BCUT2D eigenvalue weighted by Gasteiger charge is -2.35. The summed E-state index contributed by atoms with van der Waals surface area (Å²) in [5.41, 5.74) is 4.69. The van der Waals surface area contributed by atoms with E-state index in [1.54, 1.807) is 7.11 Å². The van der Waals surface area contributed by atoms with E-state index < -0.39 is 0 Å². The molecule has 0 atom stereocenters. The first-order chi connectivity index (χ1) is 14.1. The topological polar surface area (TPSA) is 44.8 Å². The number of anilines is 1. The number of rotatable bonds is 7. The Kier molecular flexibility index (Phi) is 7.53. The molecule has 1 aliphatic heterocycles. The Balaban J connectivity index is 1.51. The van der Waals surface area contributed by atoms with Crippen molar-refractivity contribution in [1.82, 2.24) is 9.80 Å². The van der Waals surface area contributed by atoms with Crippen molar-refractivity contribution in [2.75, 3.05) is 45.2 Å². The zero-order valence-electron chi connectivity index (χ0n) is 17.9. The van der Waals surface area contributed by atoms with E-state index in [4.69, 9.17) is 4.74 Å². The minimum atomic E-state index is 0.0213. The second kappa shape index (κ2) is 10.3. The molecule has 1 N–H and O–H groups in total. The van der Waals surface area contributed by atoms with Gasteiger partial charge < -0.3 is 15.0 Å². The van der Waals surface area contributed by atoms with E-state index in [2.05, 4.69) is 54.4 Å². The minimum Gasteiger partial charge on any atom is -0.497 e. The molecular weight excluding hydrogens is 362 g/mol. The Morgan fingerprint density at radius 3 is 2.28 bits per heavy atom. The van der Waals surface area contributed by atoms with Crippen LogP contribution in [0.25, 0.3) is 0 Å². The van der Waals surface area contributed by atoms with Crippen LogP contribution in [0, 0.1) is 0 Å². The third-order valence-electron chi connectivity index (χ3n) is 5.74. The predicted molar refractivity (Wildman–Crippen MR) is 119 cm³/mol. The molecule has 2 aromatic carbocycles. The standard InChI is InChI=1S/C24H33N3O2/c1-4-20-9-7-10-21(5-2)23(20)25-24(28)27-16-14-26(15-17-27)13-12-19-8-6-11-22(18-19)29-3/h6-11,18H,4-5,12-17H2,1-3H3,(H,25,28). The van der Waals surface area contributed by atoms with Crippen molar-refractivity contribution in [2.45, 2.75) is 33.1 Å². The fourth-order valence-corrected chi connectivity index (χ4v) is 3.88. The SMILES string of the molecule is CCc1cccc(CC)c1NC(=O)N1CCN(CCc2cccc(OC)c2)CC1. The number of para-hydroxylation sites is 1. The molecule has 2 amide bonds. The number of benzene rings is 2. The number of amides is 2. The van der Waals surface area contributed by atoms with Crippen molar-refractivity contribution < 1.29 is 9.53 Å². The van der Waals surface area contributed by atoms with Crippen LogP contribution in [0.5, 0.6) is 5.75 Å². The monoisotopic (exact) mass is 395 g/mol. The Morgan fingerprint density at radius 2 is 1.66 bits per heavy atom. The summed E-state index contributed by atoms with van der Waals surface area (Å²) in [6.07, 6.45) is 2.83. The van der Waals surface area contributed by atoms with Crippen LogP contribution in [-0.2, 0) is 19.3 Å². The average Bonchev–Trinajstić information content (AvgIpc) is 2.78. The third kappa shape index (κ3) is 5.51. The first-order valence-electron chi connectivity index (χ1n) is 10.7. The molecule has 1 saturated heterocycles. The van der Waals surface area contributed by atoms with Crippen LogP contribution in [0.3, 0.4) is 0 Å². The summed E-state index contributed by atoms with van der Waals surface area (Å²) in [5.74, 6) is 0.905. The van der Waals surface area contributed by atoms with Crippen molar-refractivity contribution in [3.8, 4) is 5.75 Å². The Labute approximate surface area is 174 Å². The highest BCUT2D eigenvalue weighted by molar-refractivity contribution is 5.91. The molecule has 0 radical (unpaired) electrons. The number of aryl methyl sites for hydroxylation is 2. The molecule has 156 valence electrons. The molecule has 0 saturated carbocycles. The van der Waals surface area contributed by atoms with E-state index in [1.165, 1.54) is 16.7 Å². The summed E-state index contributed by atoms with van der Waals surface area (Å²) in [5, 5.41) is 3.19. The summed E-state index contributed by atoms with van der Waals surface area (Å²) in [7, 11) is 1.70. The lowest BCUT2D eigenvalue weighted by Crippen LogP contribution is -2.50. The van der Waals surface area contributed by atoms with E-state index in [0.29, 0.717) is 0 Å². The van der Waals surface area contributed by atoms with Crippen LogP contribution in [0.4, 0.5) is 10.5 Å². The summed E-state index contributed by atoms with van der Waals surface area (Å²) >= 11 is 0. The number of carbonyl (C=O) groups excluding carboxylic acids is 1. The maximum atomic E-state index is 12.8. The number of hydrogen-bond donors (Lipinski definition) is 1. The van der Waals surface area contributed by atoms with Crippen molar-refractivity contribution in [3.05, 3.63) is 59.2 Å². The molecule has 0 unspecified atom stereocenters. The number of ether oxygens (including phenoxy) is 1. The molecule has 1 heterocycles. The van der Waals surface area contributed by atoms with Crippen molar-refractivity contribution >= 4 is 11.7 Å². The lowest BCUT2D eigenvalue weighted by atomic mass is 10.0. The predicted octanol–water partition coefficient (Wildman–Crippen LogP) is 4.21. The van der Waals surface area contributed by atoms with Crippen LogP contribution in [0.15, 0.2) is 42.5 Å². The van der Waals surface area contributed by atoms with Crippen LogP contribution >= 0.6 is 0 Å². The largest absolute Gasteiger partial charge is 0.497 e. The van der Waals surface area contributed by atoms with Gasteiger partial charge in [-0.3, -0.25) is 4.90 Å². The van der Waals surface area contributed by atoms with Gasteiger partial charge in [-0.05, 0) is 48.1 Å². The van der Waals surface area contributed by atoms with Gasteiger partial charge in [0.25, 0.3) is 0 Å². The number of piperazine rings is 1. The molecule has 5 heteroatoms. The van der Waals surface area contributed by atoms with Crippen molar-refractivity contribution in [2.24, 2.45) is 0 Å². The fraction of sp³-hybridized carbons (Fsp3) is 0.458. The van der Waals surface area contributed by atoms with Gasteiger partial charge in [-0.2, -0.15) is 0 Å². The van der Waals surface area contributed by atoms with E-state index in [0.717, 1.165) is 63.4 Å². The highest BCUT2D eigenvalue weighted by atomic mass is 16.5. The zero-order chi connectivity index (χ0) is 20.6. The van der Waals surface area contributed by atoms with E-state index in [1.807, 2.05) is 17.0 Å². The number of nitrogens with zero attached hydrogens (tertiary/aromatic N) is 2. The van der Waals surface area contributed by atoms with Gasteiger partial charge in [0.2, 0.25) is 0 Å². The molecule has 2 aromatic rings. The summed E-state index contributed by atoms with van der Waals surface area (Å²) in [6, 6.07) is 14.6. The van der Waals surface area contributed by atoms with Crippen molar-refractivity contribution in [1.29, 1.82) is 0 Å². The van der Waals surface area contributed by atoms with Gasteiger partial charge in [-0.1, -0.05) is 44.2 Å². The number of methoxy groups -OCH3 is 1. The molecule has 1 aliphatic rings. The first kappa shape index (κ1) is 21.2. The van der Waals surface area contributed by atoms with E-state index in [-0.39, 0.29) is 6.03 Å². The Hall–Kier alpha value is -2.53. The van der Waals surface area contributed by atoms with Gasteiger partial charge in [0, 0.05) is 38.4 Å². The van der Waals surface area contributed by atoms with Crippen molar-refractivity contribution in [3.63, 3.8) is 0 Å². The van der Waals surface area contributed by atoms with Crippen LogP contribution in [0.2, 0.25) is 0 Å². The highest BCUT2D eigenvalue weighted by Gasteiger charge is 2.22. The second-order valence-corrected chi connectivity index (χ2v) is 7.52. The van der Waals surface area contributed by atoms with Gasteiger partial charge in [-0.15, -0.1) is 0 Å². The maximum Gasteiger partial charge on any atom is 0.321 e. The summed E-state index contributed by atoms with van der Waals surface area (Å²) in [6.45, 7) is 8.61. The van der Waals surface area contributed by atoms with Crippen LogP contribution < -0.4 is 10.1 Å². The van der Waals surface area contributed by atoms with Gasteiger partial charge >= 0.3 is 6.03 Å². The number of hydrogen-bond acceptors (Lipinski definition) is 3. The molecule has 0 aromatic heterocycles. The third-order valence-corrected chi connectivity index (χ3v) is 5.74. The smallest absolute Gasteiger partial charge is 0.321 e. The normalized spacial score (nSPS) is 14.7. The fourth-order valence-electron chi connectivity index (χ4n) is 3.88. The van der Waals surface area contributed by atoms with E-state index in [9.17, 15) is 4.79 Å². The molecule has 0 bridgehead atoms. The first-order valence-corrected chi connectivity index (χ1v) is 10.7. The molecular formula is C24H33N3O2. The second-order valence-electron chi connectivity index (χ2n) is 7.52. The summed E-state index contributed by atoms with van der Waals surface area (Å²) < 4.78 is 5.30. The number of carbonyl (C=O) groups is 1. The molecule has 0 spiro atoms. The lowest BCUT2D eigenvalue weighted by molar-refractivity contribution is 0.148. The summed E-state index contributed by atoms with van der Waals surface area (Å²) in [4.78, 5) is 17.2. The zero-order valence-corrected chi connectivity index (χ0v) is 17.9. The van der Waals surface area contributed by atoms with Crippen LogP contribution in [0.1, 0.15) is 30.5 Å². The molecule has 5 nitrogen and oxygen atoms in total. The van der Waals surface area contributed by atoms with E-state index >= 15 is 0 Å². The number of urea groups is 1. The Morgan fingerprint density at radius 1 is 1.00 bits per heavy atom. The molecule has 3 rings (SSSR count). The van der Waals surface area contributed by atoms with Crippen LogP contribution in [-0.4, -0.2) is 55.7 Å². The van der Waals surface area contributed by atoms with Gasteiger partial charge in [0.1, 0.15) is 5.75 Å².